The van der Waals surface area contributed by atoms with Gasteiger partial charge in [0, 0.05) is 13.1 Å². The van der Waals surface area contributed by atoms with Crippen LogP contribution >= 0.6 is 23.2 Å². The van der Waals surface area contributed by atoms with Crippen molar-refractivity contribution in [1.82, 2.24) is 4.90 Å². The van der Waals surface area contributed by atoms with E-state index in [2.05, 4.69) is 0 Å². The Labute approximate surface area is 144 Å². The van der Waals surface area contributed by atoms with Crippen molar-refractivity contribution in [3.05, 3.63) is 33.8 Å². The number of β-amino-alcohol motifs (C(OH)–C–C–N with tert-alkyl or cyclic N) is 1. The molecule has 1 aromatic carbocycles. The van der Waals surface area contributed by atoms with Crippen LogP contribution in [0.15, 0.2) is 18.2 Å². The maximum Gasteiger partial charge on any atom is 0.312 e. The SMILES string of the molecule is CCC[C@]1(C(=O)O)CCN(C(=O)c2cccc(Cl)c2Cl)C[C@@H]1O. The first kappa shape index (κ1) is 18.0. The number of halogens is 2. The van der Waals surface area contributed by atoms with Crippen molar-refractivity contribution >= 4 is 35.1 Å². The average Bonchev–Trinajstić information content (AvgIpc) is 2.51. The number of nitrogens with zero attached hydrogens (tertiary/aromatic N) is 1. The lowest BCUT2D eigenvalue weighted by Gasteiger charge is -2.42. The van der Waals surface area contributed by atoms with E-state index in [1.807, 2.05) is 6.92 Å². The highest BCUT2D eigenvalue weighted by Crippen LogP contribution is 2.37. The topological polar surface area (TPSA) is 77.8 Å². The van der Waals surface area contributed by atoms with Crippen LogP contribution in [0.5, 0.6) is 0 Å². The lowest BCUT2D eigenvalue weighted by molar-refractivity contribution is -0.162. The average molecular weight is 360 g/mol. The highest BCUT2D eigenvalue weighted by Gasteiger charge is 2.48. The summed E-state index contributed by atoms with van der Waals surface area (Å²) in [5.41, 5.74) is -0.936. The van der Waals surface area contributed by atoms with E-state index >= 15 is 0 Å². The number of carboxylic acids is 1. The molecule has 23 heavy (non-hydrogen) atoms. The molecule has 7 heteroatoms. The number of aliphatic hydroxyl groups is 1. The maximum atomic E-state index is 12.6. The molecule has 126 valence electrons. The Bertz CT molecular complexity index is 622. The molecule has 0 bridgehead atoms. The number of hydrogen-bond acceptors (Lipinski definition) is 3. The van der Waals surface area contributed by atoms with Crippen LogP contribution in [0.2, 0.25) is 10.0 Å². The van der Waals surface area contributed by atoms with Gasteiger partial charge in [-0.2, -0.15) is 0 Å². The minimum Gasteiger partial charge on any atom is -0.481 e. The number of rotatable bonds is 4. The number of carbonyl (C=O) groups is 2. The summed E-state index contributed by atoms with van der Waals surface area (Å²) >= 11 is 12.0. The van der Waals surface area contributed by atoms with Crippen molar-refractivity contribution in [2.45, 2.75) is 32.3 Å². The molecule has 1 aliphatic rings. The summed E-state index contributed by atoms with van der Waals surface area (Å²) in [6.45, 7) is 2.10. The molecule has 0 aromatic heterocycles. The molecule has 0 spiro atoms. The number of piperidine rings is 1. The first-order valence-electron chi connectivity index (χ1n) is 7.48. The Morgan fingerprint density at radius 3 is 2.65 bits per heavy atom. The third kappa shape index (κ3) is 3.32. The van der Waals surface area contributed by atoms with Crippen molar-refractivity contribution in [3.8, 4) is 0 Å². The zero-order valence-corrected chi connectivity index (χ0v) is 14.3. The van der Waals surface area contributed by atoms with E-state index in [-0.39, 0.29) is 41.0 Å². The zero-order chi connectivity index (χ0) is 17.2. The predicted molar refractivity (Wildman–Crippen MR) is 88.0 cm³/mol. The summed E-state index contributed by atoms with van der Waals surface area (Å²) in [6, 6.07) is 4.77. The van der Waals surface area contributed by atoms with E-state index in [1.54, 1.807) is 18.2 Å². The zero-order valence-electron chi connectivity index (χ0n) is 12.8. The number of carboxylic acid groups (broad SMARTS) is 1. The summed E-state index contributed by atoms with van der Waals surface area (Å²) in [4.78, 5) is 25.6. The highest BCUT2D eigenvalue weighted by molar-refractivity contribution is 6.43. The summed E-state index contributed by atoms with van der Waals surface area (Å²) in [6.07, 6.45) is 0.123. The Morgan fingerprint density at radius 1 is 1.39 bits per heavy atom. The third-order valence-electron chi connectivity index (χ3n) is 4.45. The minimum atomic E-state index is -1.19. The second-order valence-corrected chi connectivity index (χ2v) is 6.61. The van der Waals surface area contributed by atoms with Crippen molar-refractivity contribution in [3.63, 3.8) is 0 Å². The largest absolute Gasteiger partial charge is 0.481 e. The fraction of sp³-hybridized carbons (Fsp3) is 0.500. The molecule has 2 atom stereocenters. The first-order chi connectivity index (χ1) is 10.8. The summed E-state index contributed by atoms with van der Waals surface area (Å²) < 4.78 is 0. The molecule has 1 saturated heterocycles. The van der Waals surface area contributed by atoms with Crippen molar-refractivity contribution < 1.29 is 19.8 Å². The summed E-state index contributed by atoms with van der Waals surface area (Å²) in [7, 11) is 0. The number of likely N-dealkylation sites (tertiary alicyclic amines) is 1. The quantitative estimate of drug-likeness (QED) is 0.865. The Hall–Kier alpha value is -1.30. The minimum absolute atomic E-state index is 0.0338. The number of aliphatic hydroxyl groups excluding tert-OH is 1. The van der Waals surface area contributed by atoms with Gasteiger partial charge >= 0.3 is 5.97 Å². The van der Waals surface area contributed by atoms with Gasteiger partial charge in [0.15, 0.2) is 0 Å². The van der Waals surface area contributed by atoms with E-state index in [0.29, 0.717) is 12.8 Å². The first-order valence-corrected chi connectivity index (χ1v) is 8.24. The molecule has 1 aromatic rings. The summed E-state index contributed by atoms with van der Waals surface area (Å²) in [5, 5.41) is 20.3. The van der Waals surface area contributed by atoms with Crippen LogP contribution in [-0.2, 0) is 4.79 Å². The van der Waals surface area contributed by atoms with Crippen LogP contribution in [0.4, 0.5) is 0 Å². The molecule has 1 heterocycles. The van der Waals surface area contributed by atoms with Gasteiger partial charge in [-0.15, -0.1) is 0 Å². The standard InChI is InChI=1S/C16H19Cl2NO4/c1-2-6-16(15(22)23)7-8-19(9-12(16)20)14(21)10-4-3-5-11(17)13(10)18/h3-5,12,20H,2,6-9H2,1H3,(H,22,23)/t12-,16-/m0/s1. The Kier molecular flexibility index (Phi) is 5.55. The Morgan fingerprint density at radius 2 is 2.09 bits per heavy atom. The number of carbonyl (C=O) groups excluding carboxylic acids is 1. The van der Waals surface area contributed by atoms with Crippen molar-refractivity contribution in [2.75, 3.05) is 13.1 Å². The van der Waals surface area contributed by atoms with Gasteiger partial charge in [0.1, 0.15) is 0 Å². The van der Waals surface area contributed by atoms with Gasteiger partial charge in [0.05, 0.1) is 27.1 Å². The monoisotopic (exact) mass is 359 g/mol. The predicted octanol–water partition coefficient (Wildman–Crippen LogP) is 3.07. The van der Waals surface area contributed by atoms with Gasteiger partial charge in [-0.3, -0.25) is 9.59 Å². The third-order valence-corrected chi connectivity index (χ3v) is 5.27. The fourth-order valence-electron chi connectivity index (χ4n) is 3.09. The Balaban J connectivity index is 2.21. The van der Waals surface area contributed by atoms with E-state index in [4.69, 9.17) is 23.2 Å². The molecule has 1 aliphatic heterocycles. The fourth-order valence-corrected chi connectivity index (χ4v) is 3.48. The highest BCUT2D eigenvalue weighted by atomic mass is 35.5. The van der Waals surface area contributed by atoms with E-state index in [9.17, 15) is 19.8 Å². The number of amides is 1. The lowest BCUT2D eigenvalue weighted by atomic mass is 9.72. The van der Waals surface area contributed by atoms with Crippen molar-refractivity contribution in [1.29, 1.82) is 0 Å². The van der Waals surface area contributed by atoms with Gasteiger partial charge in [0.2, 0.25) is 0 Å². The van der Waals surface area contributed by atoms with Crippen LogP contribution in [0, 0.1) is 5.41 Å². The lowest BCUT2D eigenvalue weighted by Crippen LogP contribution is -2.56. The van der Waals surface area contributed by atoms with Crippen LogP contribution < -0.4 is 0 Å². The van der Waals surface area contributed by atoms with Crippen LogP contribution in [0.25, 0.3) is 0 Å². The van der Waals surface area contributed by atoms with E-state index in [0.717, 1.165) is 0 Å². The van der Waals surface area contributed by atoms with E-state index in [1.165, 1.54) is 4.90 Å². The number of hydrogen-bond donors (Lipinski definition) is 2. The molecule has 0 saturated carbocycles. The molecule has 2 rings (SSSR count). The van der Waals surface area contributed by atoms with Gasteiger partial charge in [0.25, 0.3) is 5.91 Å². The maximum absolute atomic E-state index is 12.6. The number of aliphatic carboxylic acids is 1. The second kappa shape index (κ2) is 7.07. The van der Waals surface area contributed by atoms with Crippen molar-refractivity contribution in [2.24, 2.45) is 5.41 Å². The summed E-state index contributed by atoms with van der Waals surface area (Å²) in [5.74, 6) is -1.37. The normalized spacial score (nSPS) is 24.5. The van der Waals surface area contributed by atoms with Gasteiger partial charge in [-0.05, 0) is 25.0 Å². The molecular weight excluding hydrogens is 341 g/mol. The molecule has 0 aliphatic carbocycles. The molecule has 5 nitrogen and oxygen atoms in total. The molecule has 1 fully saturated rings. The molecule has 1 amide bonds. The molecule has 0 radical (unpaired) electrons. The van der Waals surface area contributed by atoms with Crippen LogP contribution in [-0.4, -0.2) is 46.2 Å². The van der Waals surface area contributed by atoms with Gasteiger partial charge in [-0.25, -0.2) is 0 Å². The smallest absolute Gasteiger partial charge is 0.312 e. The van der Waals surface area contributed by atoms with Gasteiger partial charge in [-0.1, -0.05) is 42.6 Å². The number of benzene rings is 1. The van der Waals surface area contributed by atoms with E-state index < -0.39 is 17.5 Å². The van der Waals surface area contributed by atoms with Crippen LogP contribution in [0.3, 0.4) is 0 Å². The van der Waals surface area contributed by atoms with Crippen LogP contribution in [0.1, 0.15) is 36.5 Å². The second-order valence-electron chi connectivity index (χ2n) is 5.83. The molecular formula is C16H19Cl2NO4. The van der Waals surface area contributed by atoms with Gasteiger partial charge < -0.3 is 15.1 Å². The molecule has 2 N–H and O–H groups in total. The molecule has 0 unspecified atom stereocenters.